The van der Waals surface area contributed by atoms with Gasteiger partial charge in [-0.2, -0.15) is 0 Å². The smallest absolute Gasteiger partial charge is 0.0333 e. The van der Waals surface area contributed by atoms with E-state index in [1.165, 1.54) is 0 Å². The maximum absolute atomic E-state index is 3.59. The average Bonchev–Trinajstić information content (AvgIpc) is 2.37. The second-order valence-corrected chi connectivity index (χ2v) is 1.64. The van der Waals surface area contributed by atoms with Gasteiger partial charge in [-0.3, -0.25) is 5.70 Å². The SMILES string of the molecule is C[C-]=C(C)n1[c-]nnc1.[Y]. The Balaban J connectivity index is 0.000000810. The summed E-state index contributed by atoms with van der Waals surface area (Å²) in [4.78, 5) is 0. The molecule has 0 fully saturated rings. The van der Waals surface area contributed by atoms with Gasteiger partial charge in [-0.1, -0.05) is 0 Å². The predicted molar refractivity (Wildman–Crippen MR) is 33.2 cm³/mol. The van der Waals surface area contributed by atoms with Gasteiger partial charge in [0.25, 0.3) is 0 Å². The fourth-order valence-electron chi connectivity index (χ4n) is 0.459. The van der Waals surface area contributed by atoms with Gasteiger partial charge in [-0.05, 0) is 0 Å². The van der Waals surface area contributed by atoms with Crippen molar-refractivity contribution in [2.75, 3.05) is 0 Å². The standard InChI is InChI=1S/C6H7N3.Y/c1-3-6(2)9-4-7-8-5-9;/h4H,1-2H3;/q-2;. The zero-order valence-electron chi connectivity index (χ0n) is 6.00. The third-order valence-corrected chi connectivity index (χ3v) is 1.10. The first-order chi connectivity index (χ1) is 4.34. The summed E-state index contributed by atoms with van der Waals surface area (Å²) in [5.74, 6) is 0. The molecule has 10 heavy (non-hydrogen) atoms. The van der Waals surface area contributed by atoms with Crippen LogP contribution in [0.4, 0.5) is 0 Å². The molecule has 0 aromatic carbocycles. The molecule has 0 aliphatic carbocycles. The van der Waals surface area contributed by atoms with Crippen LogP contribution in [-0.2, 0) is 32.7 Å². The topological polar surface area (TPSA) is 30.7 Å². The molecule has 0 bridgehead atoms. The van der Waals surface area contributed by atoms with Gasteiger partial charge in [-0.25, -0.2) is 17.1 Å². The molecule has 0 unspecified atom stereocenters. The van der Waals surface area contributed by atoms with E-state index in [0.29, 0.717) is 0 Å². The van der Waals surface area contributed by atoms with E-state index in [1.54, 1.807) is 10.9 Å². The minimum atomic E-state index is 0. The van der Waals surface area contributed by atoms with Crippen molar-refractivity contribution in [2.24, 2.45) is 0 Å². The Morgan fingerprint density at radius 1 is 1.70 bits per heavy atom. The molecule has 3 nitrogen and oxygen atoms in total. The normalized spacial score (nSPS) is 10.8. The molecule has 1 aromatic heterocycles. The van der Waals surface area contributed by atoms with Gasteiger partial charge >= 0.3 is 0 Å². The molecule has 1 rings (SSSR count). The van der Waals surface area contributed by atoms with Gasteiger partial charge in [0, 0.05) is 45.4 Å². The molecule has 4 heteroatoms. The molecule has 0 spiro atoms. The monoisotopic (exact) mass is 210 g/mol. The van der Waals surface area contributed by atoms with Crippen LogP contribution in [0.3, 0.4) is 0 Å². The Labute approximate surface area is 85.4 Å². The molecular weight excluding hydrogens is 203 g/mol. The minimum Gasteiger partial charge on any atom is -0.551 e. The summed E-state index contributed by atoms with van der Waals surface area (Å²) in [7, 11) is 0. The van der Waals surface area contributed by atoms with Gasteiger partial charge in [0.05, 0.1) is 0 Å². The van der Waals surface area contributed by atoms with Gasteiger partial charge < -0.3 is 10.6 Å². The number of aromatic nitrogens is 3. The largest absolute Gasteiger partial charge is 0.551 e. The van der Waals surface area contributed by atoms with Crippen LogP contribution in [0.5, 0.6) is 0 Å². The van der Waals surface area contributed by atoms with Crippen molar-refractivity contribution >= 4 is 5.70 Å². The molecule has 0 atom stereocenters. The number of nitrogens with zero attached hydrogens (tertiary/aromatic N) is 3. The molecule has 0 amide bonds. The summed E-state index contributed by atoms with van der Waals surface area (Å²) in [5.41, 5.74) is 0.958. The predicted octanol–water partition coefficient (Wildman–Crippen LogP) is 0.760. The van der Waals surface area contributed by atoms with Gasteiger partial charge in [0.15, 0.2) is 0 Å². The summed E-state index contributed by atoms with van der Waals surface area (Å²) in [6.07, 6.45) is 7.17. The summed E-state index contributed by atoms with van der Waals surface area (Å²) < 4.78 is 1.68. The van der Waals surface area contributed by atoms with Gasteiger partial charge in [0.1, 0.15) is 0 Å². The van der Waals surface area contributed by atoms with E-state index < -0.39 is 0 Å². The zero-order valence-corrected chi connectivity index (χ0v) is 8.83. The van der Waals surface area contributed by atoms with Crippen molar-refractivity contribution in [1.29, 1.82) is 0 Å². The molecule has 1 radical (unpaired) electrons. The van der Waals surface area contributed by atoms with Crippen molar-refractivity contribution in [3.05, 3.63) is 18.7 Å². The van der Waals surface area contributed by atoms with E-state index in [-0.39, 0.29) is 32.7 Å². The maximum Gasteiger partial charge on any atom is 0.0333 e. The van der Waals surface area contributed by atoms with Gasteiger partial charge in [-0.15, -0.1) is 6.92 Å². The van der Waals surface area contributed by atoms with Crippen LogP contribution in [0.15, 0.2) is 6.33 Å². The molecule has 1 aromatic rings. The fraction of sp³-hybridized carbons (Fsp3) is 0.333. The van der Waals surface area contributed by atoms with E-state index in [4.69, 9.17) is 0 Å². The van der Waals surface area contributed by atoms with Crippen molar-refractivity contribution in [2.45, 2.75) is 13.8 Å². The number of hydrogen-bond donors (Lipinski definition) is 0. The second-order valence-electron chi connectivity index (χ2n) is 1.64. The van der Waals surface area contributed by atoms with Crippen LogP contribution in [-0.4, -0.2) is 14.8 Å². The first-order valence-electron chi connectivity index (χ1n) is 2.64. The van der Waals surface area contributed by atoms with E-state index in [0.717, 1.165) is 5.70 Å². The first-order valence-corrected chi connectivity index (χ1v) is 2.64. The van der Waals surface area contributed by atoms with Crippen LogP contribution in [0, 0.1) is 12.4 Å². The molecule has 51 valence electrons. The minimum absolute atomic E-state index is 0. The van der Waals surface area contributed by atoms with E-state index in [1.807, 2.05) is 13.8 Å². The summed E-state index contributed by atoms with van der Waals surface area (Å²) in [6.45, 7) is 3.75. The molecule has 0 N–H and O–H groups in total. The van der Waals surface area contributed by atoms with Crippen molar-refractivity contribution in [3.8, 4) is 0 Å². The fourth-order valence-corrected chi connectivity index (χ4v) is 0.459. The summed E-state index contributed by atoms with van der Waals surface area (Å²) in [5, 5.41) is 7.11. The van der Waals surface area contributed by atoms with Crippen LogP contribution < -0.4 is 0 Å². The van der Waals surface area contributed by atoms with Crippen molar-refractivity contribution in [3.63, 3.8) is 0 Å². The molecule has 1 heterocycles. The quantitative estimate of drug-likeness (QED) is 0.640. The first kappa shape index (κ1) is 9.98. The third-order valence-electron chi connectivity index (χ3n) is 1.10. The van der Waals surface area contributed by atoms with Crippen molar-refractivity contribution < 1.29 is 32.7 Å². The molecule has 0 aliphatic rings. The average molecular weight is 210 g/mol. The van der Waals surface area contributed by atoms with Crippen LogP contribution in [0.25, 0.3) is 5.70 Å². The molecular formula is C6H7N3Y-2. The molecule has 0 saturated heterocycles. The Morgan fingerprint density at radius 2 is 2.40 bits per heavy atom. The third kappa shape index (κ3) is 2.31. The van der Waals surface area contributed by atoms with Crippen LogP contribution in [0.1, 0.15) is 13.8 Å². The maximum atomic E-state index is 3.59. The zero-order chi connectivity index (χ0) is 6.69. The summed E-state index contributed by atoms with van der Waals surface area (Å²) >= 11 is 0. The van der Waals surface area contributed by atoms with E-state index in [9.17, 15) is 0 Å². The Bertz CT molecular complexity index is 203. The van der Waals surface area contributed by atoms with E-state index >= 15 is 0 Å². The Kier molecular flexibility index (Phi) is 4.74. The Morgan fingerprint density at radius 3 is 2.80 bits per heavy atom. The summed E-state index contributed by atoms with van der Waals surface area (Å²) in [6, 6.07) is 0. The second kappa shape index (κ2) is 4.75. The van der Waals surface area contributed by atoms with Crippen molar-refractivity contribution in [1.82, 2.24) is 14.8 Å². The molecule has 0 saturated carbocycles. The van der Waals surface area contributed by atoms with Gasteiger partial charge in [0.2, 0.25) is 0 Å². The number of rotatable bonds is 1. The van der Waals surface area contributed by atoms with Crippen LogP contribution in [0.2, 0.25) is 0 Å². The molecule has 0 aliphatic heterocycles. The number of hydrogen-bond acceptors (Lipinski definition) is 2. The number of allylic oxidation sites excluding steroid dienone is 2. The Hall–Kier alpha value is -0.0161. The van der Waals surface area contributed by atoms with E-state index in [2.05, 4.69) is 22.6 Å². The van der Waals surface area contributed by atoms with Crippen LogP contribution >= 0.6 is 0 Å².